The molecule has 19 heavy (non-hydrogen) atoms. The highest BCUT2D eigenvalue weighted by molar-refractivity contribution is 5.91. The molecule has 1 aromatic carbocycles. The van der Waals surface area contributed by atoms with Crippen LogP contribution in [0.1, 0.15) is 35.7 Å². The summed E-state index contributed by atoms with van der Waals surface area (Å²) in [5.74, 6) is 0.590. The SMILES string of the molecule is Cc1ccc(OCC2CC=CCC2C)c(C(=O)O)c1. The molecule has 1 aliphatic carbocycles. The number of aromatic carboxylic acids is 1. The van der Waals surface area contributed by atoms with Gasteiger partial charge in [-0.25, -0.2) is 4.79 Å². The van der Waals surface area contributed by atoms with Crippen molar-refractivity contribution in [1.29, 1.82) is 0 Å². The summed E-state index contributed by atoms with van der Waals surface area (Å²) in [6, 6.07) is 5.29. The topological polar surface area (TPSA) is 46.5 Å². The Labute approximate surface area is 113 Å². The third-order valence-electron chi connectivity index (χ3n) is 3.74. The fourth-order valence-electron chi connectivity index (χ4n) is 2.37. The van der Waals surface area contributed by atoms with E-state index in [9.17, 15) is 9.90 Å². The number of ether oxygens (including phenoxy) is 1. The lowest BCUT2D eigenvalue weighted by atomic mass is 9.85. The lowest BCUT2D eigenvalue weighted by Gasteiger charge is -2.25. The molecule has 0 saturated heterocycles. The molecule has 1 N–H and O–H groups in total. The Hall–Kier alpha value is -1.77. The van der Waals surface area contributed by atoms with E-state index in [2.05, 4.69) is 19.1 Å². The average molecular weight is 260 g/mol. The molecule has 0 aliphatic heterocycles. The molecule has 0 radical (unpaired) electrons. The first-order chi connectivity index (χ1) is 9.08. The van der Waals surface area contributed by atoms with Crippen molar-refractivity contribution in [1.82, 2.24) is 0 Å². The summed E-state index contributed by atoms with van der Waals surface area (Å²) >= 11 is 0. The van der Waals surface area contributed by atoms with Crippen LogP contribution in [0.2, 0.25) is 0 Å². The third kappa shape index (κ3) is 3.37. The summed E-state index contributed by atoms with van der Waals surface area (Å²) in [7, 11) is 0. The van der Waals surface area contributed by atoms with Crippen LogP contribution in [0.15, 0.2) is 30.4 Å². The number of hydrogen-bond acceptors (Lipinski definition) is 2. The molecule has 3 heteroatoms. The Morgan fingerprint density at radius 3 is 2.79 bits per heavy atom. The van der Waals surface area contributed by atoms with Crippen LogP contribution in [0.3, 0.4) is 0 Å². The van der Waals surface area contributed by atoms with Gasteiger partial charge in [-0.2, -0.15) is 0 Å². The maximum Gasteiger partial charge on any atom is 0.339 e. The largest absolute Gasteiger partial charge is 0.492 e. The molecule has 3 nitrogen and oxygen atoms in total. The van der Waals surface area contributed by atoms with Crippen LogP contribution in [0, 0.1) is 18.8 Å². The van der Waals surface area contributed by atoms with Crippen molar-refractivity contribution in [3.63, 3.8) is 0 Å². The molecule has 0 saturated carbocycles. The molecule has 0 spiro atoms. The van der Waals surface area contributed by atoms with Gasteiger partial charge in [-0.3, -0.25) is 0 Å². The van der Waals surface area contributed by atoms with Crippen LogP contribution >= 0.6 is 0 Å². The first-order valence-electron chi connectivity index (χ1n) is 6.69. The van der Waals surface area contributed by atoms with Crippen LogP contribution in [-0.4, -0.2) is 17.7 Å². The van der Waals surface area contributed by atoms with E-state index in [0.29, 0.717) is 24.2 Å². The lowest BCUT2D eigenvalue weighted by Crippen LogP contribution is -2.21. The second-order valence-corrected chi connectivity index (χ2v) is 5.30. The third-order valence-corrected chi connectivity index (χ3v) is 3.74. The number of allylic oxidation sites excluding steroid dienone is 2. The minimum Gasteiger partial charge on any atom is -0.492 e. The molecule has 2 unspecified atom stereocenters. The molecular weight excluding hydrogens is 240 g/mol. The van der Waals surface area contributed by atoms with E-state index in [1.54, 1.807) is 12.1 Å². The van der Waals surface area contributed by atoms with E-state index >= 15 is 0 Å². The molecule has 0 amide bonds. The van der Waals surface area contributed by atoms with E-state index in [1.165, 1.54) is 0 Å². The predicted octanol–water partition coefficient (Wildman–Crippen LogP) is 3.67. The van der Waals surface area contributed by atoms with Gasteiger partial charge in [0.2, 0.25) is 0 Å². The van der Waals surface area contributed by atoms with Gasteiger partial charge >= 0.3 is 5.97 Å². The molecular formula is C16H20O3. The Balaban J connectivity index is 2.07. The zero-order valence-corrected chi connectivity index (χ0v) is 11.4. The molecule has 0 bridgehead atoms. The van der Waals surface area contributed by atoms with E-state index in [1.807, 2.05) is 13.0 Å². The number of aryl methyl sites for hydroxylation is 1. The fourth-order valence-corrected chi connectivity index (χ4v) is 2.37. The molecule has 2 rings (SSSR count). The molecule has 0 aromatic heterocycles. The number of benzene rings is 1. The number of carboxylic acid groups (broad SMARTS) is 1. The Morgan fingerprint density at radius 2 is 2.11 bits per heavy atom. The summed E-state index contributed by atoms with van der Waals surface area (Å²) in [5, 5.41) is 9.19. The molecule has 0 heterocycles. The fraction of sp³-hybridized carbons (Fsp3) is 0.438. The van der Waals surface area contributed by atoms with Crippen LogP contribution in [-0.2, 0) is 0 Å². The first-order valence-corrected chi connectivity index (χ1v) is 6.69. The van der Waals surface area contributed by atoms with E-state index in [0.717, 1.165) is 18.4 Å². The van der Waals surface area contributed by atoms with Crippen LogP contribution in [0.4, 0.5) is 0 Å². The minimum absolute atomic E-state index is 0.249. The summed E-state index contributed by atoms with van der Waals surface area (Å²) < 4.78 is 5.75. The van der Waals surface area contributed by atoms with Crippen molar-refractivity contribution in [3.8, 4) is 5.75 Å². The van der Waals surface area contributed by atoms with Gasteiger partial charge in [0.05, 0.1) is 6.61 Å². The van der Waals surface area contributed by atoms with Gasteiger partial charge in [-0.05, 0) is 43.7 Å². The monoisotopic (exact) mass is 260 g/mol. The Morgan fingerprint density at radius 1 is 1.37 bits per heavy atom. The molecule has 2 atom stereocenters. The second kappa shape index (κ2) is 5.91. The van der Waals surface area contributed by atoms with Gasteiger partial charge < -0.3 is 9.84 Å². The highest BCUT2D eigenvalue weighted by Gasteiger charge is 2.20. The van der Waals surface area contributed by atoms with E-state index in [4.69, 9.17) is 4.74 Å². The summed E-state index contributed by atoms with van der Waals surface area (Å²) in [6.45, 7) is 4.67. The molecule has 1 aromatic rings. The molecule has 0 fully saturated rings. The smallest absolute Gasteiger partial charge is 0.339 e. The minimum atomic E-state index is -0.935. The predicted molar refractivity (Wildman–Crippen MR) is 74.7 cm³/mol. The van der Waals surface area contributed by atoms with Crippen molar-refractivity contribution in [3.05, 3.63) is 41.5 Å². The summed E-state index contributed by atoms with van der Waals surface area (Å²) in [4.78, 5) is 11.2. The first kappa shape index (κ1) is 13.7. The van der Waals surface area contributed by atoms with Gasteiger partial charge in [0, 0.05) is 0 Å². The van der Waals surface area contributed by atoms with Crippen molar-refractivity contribution in [2.75, 3.05) is 6.61 Å². The summed E-state index contributed by atoms with van der Waals surface area (Å²) in [6.07, 6.45) is 6.47. The van der Waals surface area contributed by atoms with Crippen molar-refractivity contribution in [2.45, 2.75) is 26.7 Å². The number of rotatable bonds is 4. The second-order valence-electron chi connectivity index (χ2n) is 5.30. The maximum atomic E-state index is 11.2. The molecule has 1 aliphatic rings. The zero-order valence-electron chi connectivity index (χ0n) is 11.4. The summed E-state index contributed by atoms with van der Waals surface area (Å²) in [5.41, 5.74) is 1.18. The van der Waals surface area contributed by atoms with Crippen LogP contribution in [0.25, 0.3) is 0 Å². The standard InChI is InChI=1S/C16H20O3/c1-11-7-8-15(14(9-11)16(17)18)19-10-13-6-4-3-5-12(13)2/h3-4,7-9,12-13H,5-6,10H2,1-2H3,(H,17,18). The number of carbonyl (C=O) groups is 1. The molecule has 102 valence electrons. The van der Waals surface area contributed by atoms with Gasteiger partial charge in [0.15, 0.2) is 0 Å². The highest BCUT2D eigenvalue weighted by atomic mass is 16.5. The normalized spacial score (nSPS) is 22.2. The van der Waals surface area contributed by atoms with Crippen molar-refractivity contribution in [2.24, 2.45) is 11.8 Å². The Kier molecular flexibility index (Phi) is 4.25. The highest BCUT2D eigenvalue weighted by Crippen LogP contribution is 2.27. The van der Waals surface area contributed by atoms with E-state index in [-0.39, 0.29) is 5.56 Å². The lowest BCUT2D eigenvalue weighted by molar-refractivity contribution is 0.0690. The quantitative estimate of drug-likeness (QED) is 0.840. The van der Waals surface area contributed by atoms with Crippen LogP contribution < -0.4 is 4.74 Å². The van der Waals surface area contributed by atoms with Crippen molar-refractivity contribution >= 4 is 5.97 Å². The average Bonchev–Trinajstić information content (AvgIpc) is 2.38. The van der Waals surface area contributed by atoms with Gasteiger partial charge in [0.25, 0.3) is 0 Å². The van der Waals surface area contributed by atoms with Gasteiger partial charge in [-0.1, -0.05) is 30.7 Å². The zero-order chi connectivity index (χ0) is 13.8. The van der Waals surface area contributed by atoms with Gasteiger partial charge in [-0.15, -0.1) is 0 Å². The maximum absolute atomic E-state index is 11.2. The number of hydrogen-bond donors (Lipinski definition) is 1. The van der Waals surface area contributed by atoms with Gasteiger partial charge in [0.1, 0.15) is 11.3 Å². The van der Waals surface area contributed by atoms with Crippen LogP contribution in [0.5, 0.6) is 5.75 Å². The Bertz CT molecular complexity index is 491. The van der Waals surface area contributed by atoms with E-state index < -0.39 is 5.97 Å². The number of carboxylic acids is 1. The van der Waals surface area contributed by atoms with Crippen molar-refractivity contribution < 1.29 is 14.6 Å².